The van der Waals surface area contributed by atoms with Crippen molar-refractivity contribution in [2.45, 2.75) is 123 Å². The lowest BCUT2D eigenvalue weighted by Crippen LogP contribution is -2.09. The van der Waals surface area contributed by atoms with Crippen molar-refractivity contribution < 1.29 is 14.3 Å². The molecule has 0 aliphatic heterocycles. The predicted molar refractivity (Wildman–Crippen MR) is 107 cm³/mol. The van der Waals surface area contributed by atoms with Crippen molar-refractivity contribution in [3.05, 3.63) is 0 Å². The molecule has 150 valence electrons. The molecule has 0 atom stereocenters. The molecule has 0 aliphatic carbocycles. The first-order valence-electron chi connectivity index (χ1n) is 11.1. The fourth-order valence-corrected chi connectivity index (χ4v) is 3.00. The van der Waals surface area contributed by atoms with Crippen LogP contribution in [0.5, 0.6) is 0 Å². The van der Waals surface area contributed by atoms with Gasteiger partial charge in [-0.15, -0.1) is 0 Å². The lowest BCUT2D eigenvalue weighted by molar-refractivity contribution is 0.0529. The van der Waals surface area contributed by atoms with Crippen LogP contribution in [0.3, 0.4) is 0 Å². The van der Waals surface area contributed by atoms with Gasteiger partial charge in [-0.25, -0.2) is 4.79 Å². The quantitative estimate of drug-likeness (QED) is 0.175. The second-order valence-corrected chi connectivity index (χ2v) is 7.25. The Labute approximate surface area is 157 Å². The second kappa shape index (κ2) is 21.3. The third kappa shape index (κ3) is 21.2. The van der Waals surface area contributed by atoms with Crippen LogP contribution in [-0.4, -0.2) is 19.4 Å². The van der Waals surface area contributed by atoms with Gasteiger partial charge in [-0.05, 0) is 12.8 Å². The van der Waals surface area contributed by atoms with Gasteiger partial charge in [0, 0.05) is 0 Å². The van der Waals surface area contributed by atoms with Gasteiger partial charge in [-0.2, -0.15) is 0 Å². The lowest BCUT2D eigenvalue weighted by atomic mass is 10.1. The highest BCUT2D eigenvalue weighted by molar-refractivity contribution is 5.59. The molecule has 25 heavy (non-hydrogen) atoms. The van der Waals surface area contributed by atoms with Crippen LogP contribution < -0.4 is 0 Å². The SMILES string of the molecule is CCCCCCCCCCCCCCOC(=O)OCCCCCCC. The van der Waals surface area contributed by atoms with Crippen molar-refractivity contribution in [1.82, 2.24) is 0 Å². The number of rotatable bonds is 19. The molecule has 0 heterocycles. The molecule has 0 aromatic carbocycles. The average Bonchev–Trinajstić information content (AvgIpc) is 2.62. The Balaban J connectivity index is 3.11. The summed E-state index contributed by atoms with van der Waals surface area (Å²) in [7, 11) is 0. The van der Waals surface area contributed by atoms with Crippen LogP contribution in [0.4, 0.5) is 4.79 Å². The maximum absolute atomic E-state index is 11.4. The van der Waals surface area contributed by atoms with E-state index < -0.39 is 6.16 Å². The highest BCUT2D eigenvalue weighted by Gasteiger charge is 2.02. The van der Waals surface area contributed by atoms with Crippen molar-refractivity contribution >= 4 is 6.16 Å². The van der Waals surface area contributed by atoms with Gasteiger partial charge < -0.3 is 9.47 Å². The van der Waals surface area contributed by atoms with Crippen LogP contribution >= 0.6 is 0 Å². The summed E-state index contributed by atoms with van der Waals surface area (Å²) in [4.78, 5) is 11.4. The van der Waals surface area contributed by atoms with E-state index in [1.165, 1.54) is 83.5 Å². The minimum absolute atomic E-state index is 0.487. The normalized spacial score (nSPS) is 10.8. The molecule has 3 heteroatoms. The first-order chi connectivity index (χ1) is 12.3. The molecule has 0 rings (SSSR count). The van der Waals surface area contributed by atoms with E-state index in [0.717, 1.165) is 25.7 Å². The third-order valence-electron chi connectivity index (χ3n) is 4.69. The summed E-state index contributed by atoms with van der Waals surface area (Å²) in [6, 6.07) is 0. The summed E-state index contributed by atoms with van der Waals surface area (Å²) < 4.78 is 10.2. The molecule has 0 N–H and O–H groups in total. The fourth-order valence-electron chi connectivity index (χ4n) is 3.00. The van der Waals surface area contributed by atoms with Crippen LogP contribution in [-0.2, 0) is 9.47 Å². The molecule has 0 saturated heterocycles. The van der Waals surface area contributed by atoms with Gasteiger partial charge in [-0.3, -0.25) is 0 Å². The highest BCUT2D eigenvalue weighted by Crippen LogP contribution is 2.12. The molecule has 0 spiro atoms. The number of carbonyl (C=O) groups is 1. The molecule has 0 aromatic heterocycles. The fraction of sp³-hybridized carbons (Fsp3) is 0.955. The van der Waals surface area contributed by atoms with E-state index >= 15 is 0 Å². The molecule has 3 nitrogen and oxygen atoms in total. The van der Waals surface area contributed by atoms with Gasteiger partial charge >= 0.3 is 6.16 Å². The highest BCUT2D eigenvalue weighted by atomic mass is 16.7. The third-order valence-corrected chi connectivity index (χ3v) is 4.69. The van der Waals surface area contributed by atoms with Gasteiger partial charge in [0.2, 0.25) is 0 Å². The van der Waals surface area contributed by atoms with E-state index in [-0.39, 0.29) is 0 Å². The van der Waals surface area contributed by atoms with Crippen molar-refractivity contribution in [2.75, 3.05) is 13.2 Å². The van der Waals surface area contributed by atoms with E-state index in [0.29, 0.717) is 13.2 Å². The van der Waals surface area contributed by atoms with E-state index in [9.17, 15) is 4.79 Å². The number of ether oxygens (including phenoxy) is 2. The first kappa shape index (κ1) is 24.3. The van der Waals surface area contributed by atoms with Crippen molar-refractivity contribution in [3.63, 3.8) is 0 Å². The maximum atomic E-state index is 11.4. The van der Waals surface area contributed by atoms with Crippen LogP contribution in [0.25, 0.3) is 0 Å². The Morgan fingerprint density at radius 3 is 1.08 bits per heavy atom. The van der Waals surface area contributed by atoms with Crippen LogP contribution in [0.1, 0.15) is 123 Å². The molecular weight excluding hydrogens is 312 g/mol. The largest absolute Gasteiger partial charge is 0.508 e. The topological polar surface area (TPSA) is 35.5 Å². The molecule has 0 aliphatic rings. The zero-order valence-electron chi connectivity index (χ0n) is 17.2. The molecule has 0 amide bonds. The summed E-state index contributed by atoms with van der Waals surface area (Å²) >= 11 is 0. The van der Waals surface area contributed by atoms with Crippen LogP contribution in [0.15, 0.2) is 0 Å². The number of hydrogen-bond donors (Lipinski definition) is 0. The van der Waals surface area contributed by atoms with Gasteiger partial charge in [0.25, 0.3) is 0 Å². The molecule has 0 unspecified atom stereocenters. The standard InChI is InChI=1S/C22H44O3/c1-3-5-7-9-10-11-12-13-14-15-17-19-21-25-22(23)24-20-18-16-8-6-4-2/h3-21H2,1-2H3. The van der Waals surface area contributed by atoms with Gasteiger partial charge in [-0.1, -0.05) is 110 Å². The molecule has 0 bridgehead atoms. The smallest absolute Gasteiger partial charge is 0.434 e. The molecule has 0 radical (unpaired) electrons. The predicted octanol–water partition coefficient (Wildman–Crippen LogP) is 7.81. The summed E-state index contributed by atoms with van der Waals surface area (Å²) in [5.41, 5.74) is 0. The van der Waals surface area contributed by atoms with E-state index in [4.69, 9.17) is 9.47 Å². The minimum Gasteiger partial charge on any atom is -0.434 e. The van der Waals surface area contributed by atoms with Crippen LogP contribution in [0, 0.1) is 0 Å². The Morgan fingerprint density at radius 2 is 0.760 bits per heavy atom. The number of unbranched alkanes of at least 4 members (excludes halogenated alkanes) is 15. The number of hydrogen-bond acceptors (Lipinski definition) is 3. The lowest BCUT2D eigenvalue weighted by Gasteiger charge is -2.06. The van der Waals surface area contributed by atoms with E-state index in [1.807, 2.05) is 0 Å². The zero-order valence-corrected chi connectivity index (χ0v) is 17.2. The van der Waals surface area contributed by atoms with Gasteiger partial charge in [0.1, 0.15) is 0 Å². The molecule has 0 fully saturated rings. The Morgan fingerprint density at radius 1 is 0.480 bits per heavy atom. The minimum atomic E-state index is -0.487. The van der Waals surface area contributed by atoms with E-state index in [2.05, 4.69) is 13.8 Å². The monoisotopic (exact) mass is 356 g/mol. The summed E-state index contributed by atoms with van der Waals surface area (Å²) in [6.07, 6.45) is 21.1. The molecule has 0 aromatic rings. The second-order valence-electron chi connectivity index (χ2n) is 7.25. The molecule has 0 saturated carbocycles. The van der Waals surface area contributed by atoms with Crippen molar-refractivity contribution in [2.24, 2.45) is 0 Å². The summed E-state index contributed by atoms with van der Waals surface area (Å²) in [5, 5.41) is 0. The van der Waals surface area contributed by atoms with Gasteiger partial charge in [0.15, 0.2) is 0 Å². The Kier molecular flexibility index (Phi) is 20.7. The maximum Gasteiger partial charge on any atom is 0.508 e. The zero-order chi connectivity index (χ0) is 18.4. The van der Waals surface area contributed by atoms with Crippen LogP contribution in [0.2, 0.25) is 0 Å². The Hall–Kier alpha value is -0.730. The Bertz CT molecular complexity index is 266. The number of carbonyl (C=O) groups excluding carboxylic acids is 1. The summed E-state index contributed by atoms with van der Waals surface area (Å²) in [5.74, 6) is 0. The van der Waals surface area contributed by atoms with Crippen molar-refractivity contribution in [3.8, 4) is 0 Å². The first-order valence-corrected chi connectivity index (χ1v) is 11.1. The van der Waals surface area contributed by atoms with E-state index in [1.54, 1.807) is 0 Å². The van der Waals surface area contributed by atoms with Gasteiger partial charge in [0.05, 0.1) is 13.2 Å². The molecular formula is C22H44O3. The summed E-state index contributed by atoms with van der Waals surface area (Å²) in [6.45, 7) is 5.47. The average molecular weight is 357 g/mol. The van der Waals surface area contributed by atoms with Crippen molar-refractivity contribution in [1.29, 1.82) is 0 Å².